The number of hydrogen-bond acceptors (Lipinski definition) is 4. The van der Waals surface area contributed by atoms with Crippen molar-refractivity contribution in [3.8, 4) is 17.0 Å². The molecular formula is C15H20N2O2. The molecule has 0 aliphatic carbocycles. The molecule has 4 heteroatoms. The standard InChI is InChI=1S/C15H20N2O2/c1-3-5-13(16)15-10-14(17-19-15)11-6-8-12(9-7-11)18-4-2/h6-10,13H,3-5,16H2,1-2H3. The Bertz CT molecular complexity index is 505. The summed E-state index contributed by atoms with van der Waals surface area (Å²) >= 11 is 0. The number of nitrogens with zero attached hydrogens (tertiary/aromatic N) is 1. The molecule has 102 valence electrons. The van der Waals surface area contributed by atoms with E-state index in [4.69, 9.17) is 15.0 Å². The van der Waals surface area contributed by atoms with E-state index in [0.29, 0.717) is 6.61 Å². The summed E-state index contributed by atoms with van der Waals surface area (Å²) in [7, 11) is 0. The van der Waals surface area contributed by atoms with Crippen LogP contribution in [0.2, 0.25) is 0 Å². The minimum absolute atomic E-state index is 0.0750. The molecule has 1 aromatic heterocycles. The average molecular weight is 260 g/mol. The summed E-state index contributed by atoms with van der Waals surface area (Å²) in [5, 5.41) is 4.07. The second kappa shape index (κ2) is 6.38. The first-order valence-corrected chi connectivity index (χ1v) is 6.70. The fraction of sp³-hybridized carbons (Fsp3) is 0.400. The molecule has 1 aromatic carbocycles. The van der Waals surface area contributed by atoms with Gasteiger partial charge in [0, 0.05) is 11.6 Å². The molecular weight excluding hydrogens is 240 g/mol. The molecule has 2 aromatic rings. The second-order valence-electron chi connectivity index (χ2n) is 4.47. The van der Waals surface area contributed by atoms with Crippen molar-refractivity contribution in [2.24, 2.45) is 5.73 Å². The lowest BCUT2D eigenvalue weighted by molar-refractivity contribution is 0.340. The van der Waals surface area contributed by atoms with Crippen molar-refractivity contribution < 1.29 is 9.26 Å². The molecule has 1 heterocycles. The van der Waals surface area contributed by atoms with Crippen molar-refractivity contribution >= 4 is 0 Å². The molecule has 2 rings (SSSR count). The van der Waals surface area contributed by atoms with Gasteiger partial charge in [0.05, 0.1) is 12.6 Å². The molecule has 19 heavy (non-hydrogen) atoms. The van der Waals surface area contributed by atoms with Gasteiger partial charge >= 0.3 is 0 Å². The van der Waals surface area contributed by atoms with Crippen LogP contribution in [0, 0.1) is 0 Å². The maximum absolute atomic E-state index is 6.01. The van der Waals surface area contributed by atoms with Crippen LogP contribution >= 0.6 is 0 Å². The predicted molar refractivity (Wildman–Crippen MR) is 74.9 cm³/mol. The number of benzene rings is 1. The molecule has 0 aliphatic heterocycles. The molecule has 0 radical (unpaired) electrons. The number of nitrogens with two attached hydrogens (primary N) is 1. The summed E-state index contributed by atoms with van der Waals surface area (Å²) in [5.74, 6) is 1.60. The molecule has 1 atom stereocenters. The fourth-order valence-electron chi connectivity index (χ4n) is 1.94. The largest absolute Gasteiger partial charge is 0.494 e. The van der Waals surface area contributed by atoms with E-state index >= 15 is 0 Å². The van der Waals surface area contributed by atoms with Crippen molar-refractivity contribution in [3.05, 3.63) is 36.1 Å². The number of ether oxygens (including phenoxy) is 1. The number of hydrogen-bond donors (Lipinski definition) is 1. The van der Waals surface area contributed by atoms with E-state index in [1.54, 1.807) is 0 Å². The predicted octanol–water partition coefficient (Wildman–Crippen LogP) is 3.54. The van der Waals surface area contributed by atoms with E-state index < -0.39 is 0 Å². The third-order valence-corrected chi connectivity index (χ3v) is 2.95. The Hall–Kier alpha value is -1.81. The van der Waals surface area contributed by atoms with Crippen LogP contribution in [-0.2, 0) is 0 Å². The quantitative estimate of drug-likeness (QED) is 0.863. The van der Waals surface area contributed by atoms with Crippen LogP contribution in [0.1, 0.15) is 38.5 Å². The second-order valence-corrected chi connectivity index (χ2v) is 4.47. The molecule has 1 unspecified atom stereocenters. The summed E-state index contributed by atoms with van der Waals surface area (Å²) in [4.78, 5) is 0. The van der Waals surface area contributed by atoms with Gasteiger partial charge in [0.15, 0.2) is 5.76 Å². The summed E-state index contributed by atoms with van der Waals surface area (Å²) in [6.07, 6.45) is 1.93. The van der Waals surface area contributed by atoms with Gasteiger partial charge in [0.2, 0.25) is 0 Å². The van der Waals surface area contributed by atoms with Crippen LogP contribution in [0.15, 0.2) is 34.9 Å². The normalized spacial score (nSPS) is 12.4. The Balaban J connectivity index is 2.13. The molecule has 4 nitrogen and oxygen atoms in total. The monoisotopic (exact) mass is 260 g/mol. The Morgan fingerprint density at radius 3 is 2.63 bits per heavy atom. The van der Waals surface area contributed by atoms with Crippen LogP contribution < -0.4 is 10.5 Å². The SMILES string of the molecule is CCCC(N)c1cc(-c2ccc(OCC)cc2)no1. The summed E-state index contributed by atoms with van der Waals surface area (Å²) in [6.45, 7) is 4.73. The van der Waals surface area contributed by atoms with E-state index in [1.165, 1.54) is 0 Å². The molecule has 0 bridgehead atoms. The van der Waals surface area contributed by atoms with E-state index in [9.17, 15) is 0 Å². The van der Waals surface area contributed by atoms with E-state index in [-0.39, 0.29) is 6.04 Å². The van der Waals surface area contributed by atoms with Crippen LogP contribution in [0.3, 0.4) is 0 Å². The highest BCUT2D eigenvalue weighted by Crippen LogP contribution is 2.25. The summed E-state index contributed by atoms with van der Waals surface area (Å²) < 4.78 is 10.7. The molecule has 0 spiro atoms. The average Bonchev–Trinajstić information content (AvgIpc) is 2.90. The lowest BCUT2D eigenvalue weighted by Crippen LogP contribution is -2.08. The van der Waals surface area contributed by atoms with Gasteiger partial charge in [-0.2, -0.15) is 0 Å². The zero-order valence-corrected chi connectivity index (χ0v) is 11.4. The molecule has 0 fully saturated rings. The van der Waals surface area contributed by atoms with Crippen LogP contribution in [0.5, 0.6) is 5.75 Å². The van der Waals surface area contributed by atoms with Gasteiger partial charge in [-0.05, 0) is 37.6 Å². The zero-order valence-electron chi connectivity index (χ0n) is 11.4. The van der Waals surface area contributed by atoms with Crippen LogP contribution in [0.25, 0.3) is 11.3 Å². The van der Waals surface area contributed by atoms with E-state index in [2.05, 4.69) is 12.1 Å². The highest BCUT2D eigenvalue weighted by atomic mass is 16.5. The van der Waals surface area contributed by atoms with E-state index in [1.807, 2.05) is 37.3 Å². The minimum atomic E-state index is -0.0750. The summed E-state index contributed by atoms with van der Waals surface area (Å²) in [5.41, 5.74) is 7.82. The van der Waals surface area contributed by atoms with Gasteiger partial charge in [0.25, 0.3) is 0 Å². The Labute approximate surface area is 113 Å². The highest BCUT2D eigenvalue weighted by Gasteiger charge is 2.12. The lowest BCUT2D eigenvalue weighted by atomic mass is 10.1. The fourth-order valence-corrected chi connectivity index (χ4v) is 1.94. The van der Waals surface area contributed by atoms with Crippen molar-refractivity contribution in [1.82, 2.24) is 5.16 Å². The smallest absolute Gasteiger partial charge is 0.154 e. The first-order chi connectivity index (χ1) is 9.24. The molecule has 2 N–H and O–H groups in total. The van der Waals surface area contributed by atoms with Crippen LogP contribution in [-0.4, -0.2) is 11.8 Å². The van der Waals surface area contributed by atoms with Gasteiger partial charge < -0.3 is 15.0 Å². The third kappa shape index (κ3) is 3.35. The van der Waals surface area contributed by atoms with Gasteiger partial charge in [-0.3, -0.25) is 0 Å². The molecule has 0 saturated heterocycles. The molecule has 0 aliphatic rings. The van der Waals surface area contributed by atoms with Gasteiger partial charge in [-0.25, -0.2) is 0 Å². The molecule has 0 amide bonds. The Morgan fingerprint density at radius 2 is 2.00 bits per heavy atom. The lowest BCUT2D eigenvalue weighted by Gasteiger charge is -2.04. The minimum Gasteiger partial charge on any atom is -0.494 e. The zero-order chi connectivity index (χ0) is 13.7. The summed E-state index contributed by atoms with van der Waals surface area (Å²) in [6, 6.07) is 9.64. The van der Waals surface area contributed by atoms with Crippen LogP contribution in [0.4, 0.5) is 0 Å². The van der Waals surface area contributed by atoms with Gasteiger partial charge in [-0.1, -0.05) is 18.5 Å². The molecule has 0 saturated carbocycles. The van der Waals surface area contributed by atoms with Gasteiger partial charge in [-0.15, -0.1) is 0 Å². The number of rotatable bonds is 6. The van der Waals surface area contributed by atoms with E-state index in [0.717, 1.165) is 35.6 Å². The van der Waals surface area contributed by atoms with Crippen molar-refractivity contribution in [1.29, 1.82) is 0 Å². The van der Waals surface area contributed by atoms with Gasteiger partial charge in [0.1, 0.15) is 11.4 Å². The number of aromatic nitrogens is 1. The Morgan fingerprint density at radius 1 is 1.26 bits per heavy atom. The topological polar surface area (TPSA) is 61.3 Å². The first-order valence-electron chi connectivity index (χ1n) is 6.70. The third-order valence-electron chi connectivity index (χ3n) is 2.95. The van der Waals surface area contributed by atoms with Crippen molar-refractivity contribution in [2.45, 2.75) is 32.7 Å². The maximum Gasteiger partial charge on any atom is 0.154 e. The van der Waals surface area contributed by atoms with Crippen molar-refractivity contribution in [2.75, 3.05) is 6.61 Å². The first kappa shape index (κ1) is 13.6. The highest BCUT2D eigenvalue weighted by molar-refractivity contribution is 5.59. The Kier molecular flexibility index (Phi) is 4.58. The van der Waals surface area contributed by atoms with Crippen molar-refractivity contribution in [3.63, 3.8) is 0 Å². The maximum atomic E-state index is 6.01.